The van der Waals surface area contributed by atoms with E-state index in [0.29, 0.717) is 18.8 Å². The molecule has 0 spiro atoms. The van der Waals surface area contributed by atoms with Crippen LogP contribution in [0.2, 0.25) is 5.02 Å². The van der Waals surface area contributed by atoms with Crippen LogP contribution in [0.1, 0.15) is 0 Å². The third-order valence-electron chi connectivity index (χ3n) is 3.00. The first-order valence-electron chi connectivity index (χ1n) is 5.89. The molecule has 1 heterocycles. The molecule has 0 unspecified atom stereocenters. The third kappa shape index (κ3) is 3.58. The van der Waals surface area contributed by atoms with Gasteiger partial charge in [0.15, 0.2) is 0 Å². The number of hydrazine groups is 1. The van der Waals surface area contributed by atoms with Crippen molar-refractivity contribution in [3.8, 4) is 0 Å². The number of nitrogen functional groups attached to an aromatic ring is 1. The molecule has 1 saturated heterocycles. The number of hydrogen-bond donors (Lipinski definition) is 2. The normalized spacial score (nSPS) is 18.6. The molecule has 19 heavy (non-hydrogen) atoms. The van der Waals surface area contributed by atoms with E-state index in [9.17, 15) is 8.42 Å². The lowest BCUT2D eigenvalue weighted by molar-refractivity contribution is 0.135. The van der Waals surface area contributed by atoms with Gasteiger partial charge in [-0.1, -0.05) is 11.6 Å². The molecule has 1 aliphatic rings. The van der Waals surface area contributed by atoms with Crippen LogP contribution in [0, 0.1) is 0 Å². The lowest BCUT2D eigenvalue weighted by Gasteiger charge is -2.32. The average Bonchev–Trinajstić information content (AvgIpc) is 2.35. The molecule has 8 heteroatoms. The molecular formula is C11H17ClN4O2S. The first-order chi connectivity index (χ1) is 8.88. The molecule has 1 aliphatic heterocycles. The van der Waals surface area contributed by atoms with E-state index in [0.717, 1.165) is 13.1 Å². The minimum atomic E-state index is -3.69. The molecule has 1 fully saturated rings. The van der Waals surface area contributed by atoms with Gasteiger partial charge in [0.1, 0.15) is 4.90 Å². The summed E-state index contributed by atoms with van der Waals surface area (Å²) in [6.07, 6.45) is 0. The van der Waals surface area contributed by atoms with E-state index in [1.165, 1.54) is 12.1 Å². The molecule has 3 N–H and O–H groups in total. The predicted octanol–water partition coefficient (Wildman–Crippen LogP) is 0.363. The number of rotatable bonds is 3. The number of sulfonamides is 1. The standard InChI is InChI=1S/C11H17ClN4O2S/c1-15-4-6-16(7-5-15)14-19(17,18)11-8-9(13)2-3-10(11)12/h2-3,8,14H,4-7,13H2,1H3. The van der Waals surface area contributed by atoms with Crippen molar-refractivity contribution in [2.24, 2.45) is 0 Å². The van der Waals surface area contributed by atoms with Crippen molar-refractivity contribution in [3.05, 3.63) is 23.2 Å². The molecule has 0 bridgehead atoms. The Morgan fingerprint density at radius 2 is 1.89 bits per heavy atom. The molecule has 0 aromatic heterocycles. The summed E-state index contributed by atoms with van der Waals surface area (Å²) in [7, 11) is -1.68. The number of piperazine rings is 1. The Balaban J connectivity index is 2.16. The van der Waals surface area contributed by atoms with Crippen LogP contribution in [-0.4, -0.2) is 51.6 Å². The summed E-state index contributed by atoms with van der Waals surface area (Å²) in [4.78, 5) is 4.68. The third-order valence-corrected chi connectivity index (χ3v) is 4.85. The zero-order valence-corrected chi connectivity index (χ0v) is 12.2. The highest BCUT2D eigenvalue weighted by atomic mass is 35.5. The maximum absolute atomic E-state index is 12.2. The number of likely N-dealkylation sites (N-methyl/N-ethyl adjacent to an activating group) is 1. The van der Waals surface area contributed by atoms with Crippen LogP contribution in [0.3, 0.4) is 0 Å². The molecule has 2 rings (SSSR count). The molecule has 0 atom stereocenters. The summed E-state index contributed by atoms with van der Waals surface area (Å²) in [6, 6.07) is 4.41. The first-order valence-corrected chi connectivity index (χ1v) is 7.75. The number of benzene rings is 1. The van der Waals surface area contributed by atoms with Gasteiger partial charge in [0, 0.05) is 31.9 Å². The van der Waals surface area contributed by atoms with Crippen molar-refractivity contribution in [2.45, 2.75) is 4.90 Å². The summed E-state index contributed by atoms with van der Waals surface area (Å²) in [5.41, 5.74) is 5.97. The second kappa shape index (κ2) is 5.64. The Hall–Kier alpha value is -0.860. The zero-order chi connectivity index (χ0) is 14.0. The highest BCUT2D eigenvalue weighted by molar-refractivity contribution is 7.89. The van der Waals surface area contributed by atoms with E-state index in [4.69, 9.17) is 17.3 Å². The Kier molecular flexibility index (Phi) is 4.32. The molecular weight excluding hydrogens is 288 g/mol. The largest absolute Gasteiger partial charge is 0.399 e. The van der Waals surface area contributed by atoms with Crippen LogP contribution in [0.5, 0.6) is 0 Å². The predicted molar refractivity (Wildman–Crippen MR) is 75.3 cm³/mol. The van der Waals surface area contributed by atoms with E-state index < -0.39 is 10.0 Å². The van der Waals surface area contributed by atoms with Gasteiger partial charge in [0.05, 0.1) is 5.02 Å². The summed E-state index contributed by atoms with van der Waals surface area (Å²) in [6.45, 7) is 2.89. The molecule has 0 amide bonds. The maximum atomic E-state index is 12.2. The smallest absolute Gasteiger partial charge is 0.255 e. The van der Waals surface area contributed by atoms with Crippen molar-refractivity contribution in [2.75, 3.05) is 39.0 Å². The highest BCUT2D eigenvalue weighted by Gasteiger charge is 2.23. The molecule has 1 aromatic carbocycles. The number of halogens is 1. The fourth-order valence-corrected chi connectivity index (χ4v) is 3.50. The fourth-order valence-electron chi connectivity index (χ4n) is 1.84. The van der Waals surface area contributed by atoms with Crippen LogP contribution in [0.15, 0.2) is 23.1 Å². The first kappa shape index (κ1) is 14.5. The van der Waals surface area contributed by atoms with Gasteiger partial charge in [-0.2, -0.15) is 0 Å². The van der Waals surface area contributed by atoms with Gasteiger partial charge < -0.3 is 10.6 Å². The number of anilines is 1. The number of nitrogens with zero attached hydrogens (tertiary/aromatic N) is 2. The monoisotopic (exact) mass is 304 g/mol. The average molecular weight is 305 g/mol. The summed E-state index contributed by atoms with van der Waals surface area (Å²) < 4.78 is 24.5. The van der Waals surface area contributed by atoms with Crippen LogP contribution in [0.25, 0.3) is 0 Å². The number of nitrogens with one attached hydrogen (secondary N) is 1. The zero-order valence-electron chi connectivity index (χ0n) is 10.6. The quantitative estimate of drug-likeness (QED) is 0.789. The Morgan fingerprint density at radius 3 is 2.53 bits per heavy atom. The van der Waals surface area contributed by atoms with Crippen LogP contribution in [0.4, 0.5) is 5.69 Å². The van der Waals surface area contributed by atoms with Crippen molar-refractivity contribution in [1.82, 2.24) is 14.7 Å². The van der Waals surface area contributed by atoms with E-state index in [2.05, 4.69) is 9.73 Å². The topological polar surface area (TPSA) is 78.7 Å². The number of nitrogens with two attached hydrogens (primary N) is 1. The lowest BCUT2D eigenvalue weighted by atomic mass is 10.3. The summed E-state index contributed by atoms with van der Waals surface area (Å²) >= 11 is 5.92. The van der Waals surface area contributed by atoms with Gasteiger partial charge in [-0.15, -0.1) is 4.83 Å². The molecule has 0 aliphatic carbocycles. The minimum absolute atomic E-state index is 0.00750. The Bertz CT molecular complexity index is 556. The van der Waals surface area contributed by atoms with Gasteiger partial charge in [0.25, 0.3) is 10.0 Å². The Labute approximate surface area is 118 Å². The minimum Gasteiger partial charge on any atom is -0.399 e. The van der Waals surface area contributed by atoms with Gasteiger partial charge in [0.2, 0.25) is 0 Å². The highest BCUT2D eigenvalue weighted by Crippen LogP contribution is 2.23. The van der Waals surface area contributed by atoms with E-state index in [1.54, 1.807) is 11.1 Å². The second-order valence-electron chi connectivity index (χ2n) is 4.57. The summed E-state index contributed by atoms with van der Waals surface area (Å²) in [5, 5.41) is 1.84. The van der Waals surface area contributed by atoms with Crippen molar-refractivity contribution >= 4 is 27.3 Å². The fraction of sp³-hybridized carbons (Fsp3) is 0.455. The van der Waals surface area contributed by atoms with Crippen LogP contribution >= 0.6 is 11.6 Å². The van der Waals surface area contributed by atoms with Crippen LogP contribution < -0.4 is 10.6 Å². The molecule has 0 saturated carbocycles. The van der Waals surface area contributed by atoms with Gasteiger partial charge in [-0.3, -0.25) is 0 Å². The van der Waals surface area contributed by atoms with Gasteiger partial charge in [-0.05, 0) is 25.2 Å². The molecule has 0 radical (unpaired) electrons. The molecule has 106 valence electrons. The SMILES string of the molecule is CN1CCN(NS(=O)(=O)c2cc(N)ccc2Cl)CC1. The van der Waals surface area contributed by atoms with E-state index >= 15 is 0 Å². The van der Waals surface area contributed by atoms with Gasteiger partial charge in [-0.25, -0.2) is 13.4 Å². The van der Waals surface area contributed by atoms with Crippen molar-refractivity contribution in [3.63, 3.8) is 0 Å². The maximum Gasteiger partial charge on any atom is 0.255 e. The van der Waals surface area contributed by atoms with Crippen LogP contribution in [-0.2, 0) is 10.0 Å². The van der Waals surface area contributed by atoms with E-state index in [-0.39, 0.29) is 9.92 Å². The Morgan fingerprint density at radius 1 is 1.26 bits per heavy atom. The number of hydrogen-bond acceptors (Lipinski definition) is 5. The lowest BCUT2D eigenvalue weighted by Crippen LogP contribution is -2.52. The second-order valence-corrected chi connectivity index (χ2v) is 6.61. The van der Waals surface area contributed by atoms with E-state index in [1.807, 2.05) is 7.05 Å². The molecule has 1 aromatic rings. The molecule has 6 nitrogen and oxygen atoms in total. The van der Waals surface area contributed by atoms with Crippen molar-refractivity contribution < 1.29 is 8.42 Å². The van der Waals surface area contributed by atoms with Gasteiger partial charge >= 0.3 is 0 Å². The summed E-state index contributed by atoms with van der Waals surface area (Å²) in [5.74, 6) is 0. The van der Waals surface area contributed by atoms with Crippen molar-refractivity contribution in [1.29, 1.82) is 0 Å².